The van der Waals surface area contributed by atoms with Gasteiger partial charge in [0.1, 0.15) is 12.1 Å². The third kappa shape index (κ3) is 6.12. The van der Waals surface area contributed by atoms with Crippen molar-refractivity contribution in [2.45, 2.75) is 52.2 Å². The fourth-order valence-corrected chi connectivity index (χ4v) is 1.92. The van der Waals surface area contributed by atoms with Crippen LogP contribution in [0.1, 0.15) is 34.1 Å². The number of likely N-dealkylation sites (N-methyl/N-ethyl adjacent to an activating group) is 2. The molecule has 21 heavy (non-hydrogen) atoms. The van der Waals surface area contributed by atoms with Crippen molar-refractivity contribution in [1.29, 1.82) is 0 Å². The van der Waals surface area contributed by atoms with Gasteiger partial charge in [-0.25, -0.2) is 0 Å². The molecule has 0 rings (SSSR count). The number of hydrogen-bond acceptors (Lipinski definition) is 4. The molecule has 0 saturated heterocycles. The average Bonchev–Trinajstić information content (AvgIpc) is 2.41. The summed E-state index contributed by atoms with van der Waals surface area (Å²) in [5.41, 5.74) is 5.45. The molecule has 0 aromatic heterocycles. The summed E-state index contributed by atoms with van der Waals surface area (Å²) in [4.78, 5) is 37.2. The average molecular weight is 300 g/mol. The molecule has 0 saturated carbocycles. The first-order valence-corrected chi connectivity index (χ1v) is 7.16. The predicted molar refractivity (Wildman–Crippen MR) is 81.3 cm³/mol. The van der Waals surface area contributed by atoms with E-state index in [1.54, 1.807) is 20.9 Å². The van der Waals surface area contributed by atoms with Gasteiger partial charge in [0.05, 0.1) is 6.04 Å². The molecule has 0 bridgehead atoms. The second-order valence-electron chi connectivity index (χ2n) is 5.73. The first-order valence-electron chi connectivity index (χ1n) is 7.16. The summed E-state index contributed by atoms with van der Waals surface area (Å²) in [6.07, 6.45) is 0.551. The Labute approximate surface area is 126 Å². The van der Waals surface area contributed by atoms with Crippen molar-refractivity contribution in [3.05, 3.63) is 0 Å². The number of nitrogens with one attached hydrogen (secondary N) is 2. The van der Waals surface area contributed by atoms with E-state index in [4.69, 9.17) is 5.73 Å². The molecule has 0 aliphatic heterocycles. The lowest BCUT2D eigenvalue weighted by Gasteiger charge is -2.30. The normalized spacial score (nSPS) is 15.0. The Kier molecular flexibility index (Phi) is 7.94. The van der Waals surface area contributed by atoms with E-state index in [0.717, 1.165) is 0 Å². The van der Waals surface area contributed by atoms with Crippen molar-refractivity contribution in [3.8, 4) is 0 Å². The van der Waals surface area contributed by atoms with E-state index >= 15 is 0 Å². The number of carbonyl (C=O) groups excluding carboxylic acids is 3. The van der Waals surface area contributed by atoms with Crippen molar-refractivity contribution >= 4 is 17.7 Å². The van der Waals surface area contributed by atoms with Crippen LogP contribution < -0.4 is 16.4 Å². The van der Waals surface area contributed by atoms with Gasteiger partial charge in [0.15, 0.2) is 0 Å². The van der Waals surface area contributed by atoms with E-state index < -0.39 is 24.0 Å². The van der Waals surface area contributed by atoms with E-state index in [1.165, 1.54) is 11.9 Å². The number of hydrogen-bond donors (Lipinski definition) is 3. The van der Waals surface area contributed by atoms with E-state index in [0.29, 0.717) is 6.42 Å². The van der Waals surface area contributed by atoms with Crippen LogP contribution in [0.15, 0.2) is 0 Å². The van der Waals surface area contributed by atoms with Gasteiger partial charge in [-0.3, -0.25) is 14.4 Å². The summed E-state index contributed by atoms with van der Waals surface area (Å²) in [6, 6.07) is -1.97. The molecule has 0 fully saturated rings. The fraction of sp³-hybridized carbons (Fsp3) is 0.786. The van der Waals surface area contributed by atoms with Crippen molar-refractivity contribution in [2.75, 3.05) is 14.1 Å². The van der Waals surface area contributed by atoms with Gasteiger partial charge in [-0.05, 0) is 26.2 Å². The number of amides is 3. The summed E-state index contributed by atoms with van der Waals surface area (Å²) in [6.45, 7) is 7.09. The minimum Gasteiger partial charge on any atom is -0.357 e. The summed E-state index contributed by atoms with van der Waals surface area (Å²) in [5.74, 6) is -0.676. The molecule has 0 spiro atoms. The SMILES string of the molecule is CNC(=O)[C@H](CC(C)C)N(C)C(=O)C(C)NC(=O)[C@H](C)N. The molecule has 0 heterocycles. The quantitative estimate of drug-likeness (QED) is 0.587. The second kappa shape index (κ2) is 8.61. The van der Waals surface area contributed by atoms with Crippen LogP contribution in [0, 0.1) is 5.92 Å². The molecule has 7 nitrogen and oxygen atoms in total. The molecule has 7 heteroatoms. The van der Waals surface area contributed by atoms with Crippen LogP contribution in [-0.4, -0.2) is 54.8 Å². The lowest BCUT2D eigenvalue weighted by molar-refractivity contribution is -0.141. The topological polar surface area (TPSA) is 105 Å². The molecular weight excluding hydrogens is 272 g/mol. The minimum absolute atomic E-state index is 0.217. The summed E-state index contributed by atoms with van der Waals surface area (Å²) >= 11 is 0. The van der Waals surface area contributed by atoms with Crippen molar-refractivity contribution in [2.24, 2.45) is 11.7 Å². The predicted octanol–water partition coefficient (Wildman–Crippen LogP) is -0.543. The van der Waals surface area contributed by atoms with Crippen LogP contribution in [0.3, 0.4) is 0 Å². The molecule has 0 aliphatic carbocycles. The second-order valence-corrected chi connectivity index (χ2v) is 5.73. The Bertz CT molecular complexity index is 382. The minimum atomic E-state index is -0.729. The molecule has 4 N–H and O–H groups in total. The maximum Gasteiger partial charge on any atom is 0.245 e. The number of nitrogens with zero attached hydrogens (tertiary/aromatic N) is 1. The highest BCUT2D eigenvalue weighted by atomic mass is 16.2. The standard InChI is InChI=1S/C14H28N4O3/c1-8(2)7-11(13(20)16-5)18(6)14(21)10(4)17-12(19)9(3)15/h8-11H,7,15H2,1-6H3,(H,16,20)(H,17,19)/t9-,10?,11-/m0/s1. The number of nitrogens with two attached hydrogens (primary N) is 1. The third-order valence-corrected chi connectivity index (χ3v) is 3.20. The van der Waals surface area contributed by atoms with Gasteiger partial charge in [0, 0.05) is 14.1 Å². The highest BCUT2D eigenvalue weighted by Crippen LogP contribution is 2.12. The van der Waals surface area contributed by atoms with Gasteiger partial charge >= 0.3 is 0 Å². The van der Waals surface area contributed by atoms with Crippen LogP contribution in [0.2, 0.25) is 0 Å². The van der Waals surface area contributed by atoms with Crippen LogP contribution in [-0.2, 0) is 14.4 Å². The Morgan fingerprint density at radius 2 is 1.62 bits per heavy atom. The van der Waals surface area contributed by atoms with Crippen LogP contribution in [0.5, 0.6) is 0 Å². The molecule has 0 radical (unpaired) electrons. The maximum absolute atomic E-state index is 12.3. The van der Waals surface area contributed by atoms with E-state index in [1.807, 2.05) is 13.8 Å². The highest BCUT2D eigenvalue weighted by molar-refractivity contribution is 5.92. The fourth-order valence-electron chi connectivity index (χ4n) is 1.92. The van der Waals surface area contributed by atoms with E-state index in [-0.39, 0.29) is 17.7 Å². The zero-order chi connectivity index (χ0) is 16.7. The Morgan fingerprint density at radius 3 is 2.00 bits per heavy atom. The van der Waals surface area contributed by atoms with Crippen LogP contribution in [0.4, 0.5) is 0 Å². The zero-order valence-corrected chi connectivity index (χ0v) is 13.8. The number of rotatable bonds is 7. The van der Waals surface area contributed by atoms with Crippen LogP contribution >= 0.6 is 0 Å². The first-order chi connectivity index (χ1) is 9.61. The monoisotopic (exact) mass is 300 g/mol. The van der Waals surface area contributed by atoms with Crippen LogP contribution in [0.25, 0.3) is 0 Å². The largest absolute Gasteiger partial charge is 0.357 e. The van der Waals surface area contributed by atoms with Gasteiger partial charge < -0.3 is 21.3 Å². The molecule has 3 atom stereocenters. The Balaban J connectivity index is 4.90. The lowest BCUT2D eigenvalue weighted by atomic mass is 10.0. The molecule has 3 amide bonds. The van der Waals surface area contributed by atoms with Gasteiger partial charge in [-0.15, -0.1) is 0 Å². The van der Waals surface area contributed by atoms with Gasteiger partial charge in [0.2, 0.25) is 17.7 Å². The van der Waals surface area contributed by atoms with E-state index in [9.17, 15) is 14.4 Å². The van der Waals surface area contributed by atoms with Crippen molar-refractivity contribution in [1.82, 2.24) is 15.5 Å². The van der Waals surface area contributed by atoms with Gasteiger partial charge in [0.25, 0.3) is 0 Å². The molecule has 0 aromatic rings. The van der Waals surface area contributed by atoms with Gasteiger partial charge in [-0.2, -0.15) is 0 Å². The summed E-state index contributed by atoms with van der Waals surface area (Å²) in [5, 5.41) is 5.10. The Hall–Kier alpha value is -1.63. The molecule has 1 unspecified atom stereocenters. The van der Waals surface area contributed by atoms with E-state index in [2.05, 4.69) is 10.6 Å². The summed E-state index contributed by atoms with van der Waals surface area (Å²) in [7, 11) is 3.11. The maximum atomic E-state index is 12.3. The summed E-state index contributed by atoms with van der Waals surface area (Å²) < 4.78 is 0. The Morgan fingerprint density at radius 1 is 1.10 bits per heavy atom. The van der Waals surface area contributed by atoms with Crippen molar-refractivity contribution < 1.29 is 14.4 Å². The van der Waals surface area contributed by atoms with Crippen molar-refractivity contribution in [3.63, 3.8) is 0 Å². The molecular formula is C14H28N4O3. The van der Waals surface area contributed by atoms with Gasteiger partial charge in [-0.1, -0.05) is 13.8 Å². The molecule has 0 aromatic carbocycles. The molecule has 0 aliphatic rings. The smallest absolute Gasteiger partial charge is 0.245 e. The highest BCUT2D eigenvalue weighted by Gasteiger charge is 2.30. The first kappa shape index (κ1) is 19.4. The lowest BCUT2D eigenvalue weighted by Crippen LogP contribution is -2.54. The zero-order valence-electron chi connectivity index (χ0n) is 13.8. The third-order valence-electron chi connectivity index (χ3n) is 3.20. The number of carbonyl (C=O) groups is 3. The molecule has 122 valence electrons.